The molecule has 11 heavy (non-hydrogen) atoms. The lowest BCUT2D eigenvalue weighted by molar-refractivity contribution is 0.400. The number of aryl methyl sites for hydroxylation is 1. The van der Waals surface area contributed by atoms with Crippen LogP contribution in [0.1, 0.15) is 6.42 Å². The van der Waals surface area contributed by atoms with E-state index in [9.17, 15) is 0 Å². The van der Waals surface area contributed by atoms with Crippen LogP contribution in [-0.4, -0.2) is 26.7 Å². The van der Waals surface area contributed by atoms with Crippen LogP contribution in [-0.2, 0) is 6.54 Å². The molecule has 0 atom stereocenters. The predicted octanol–water partition coefficient (Wildman–Crippen LogP) is -0.254. The maximum atomic E-state index is 8.51. The van der Waals surface area contributed by atoms with Crippen LogP contribution in [0.3, 0.4) is 0 Å². The molecule has 0 aliphatic heterocycles. The second kappa shape index (κ2) is 4.15. The third-order valence-corrected chi connectivity index (χ3v) is 1.44. The second-order valence-corrected chi connectivity index (χ2v) is 2.42. The normalized spacial score (nSPS) is 10.0. The van der Waals surface area contributed by atoms with Gasteiger partial charge in [-0.25, -0.2) is 4.98 Å². The van der Waals surface area contributed by atoms with Gasteiger partial charge >= 0.3 is 7.12 Å². The Balaban J connectivity index is 2.14. The predicted molar refractivity (Wildman–Crippen MR) is 41.8 cm³/mol. The molecule has 1 rings (SSSR count). The molecule has 0 aliphatic carbocycles. The summed E-state index contributed by atoms with van der Waals surface area (Å²) < 4.78 is 1.91. The van der Waals surface area contributed by atoms with Crippen LogP contribution in [0, 0.1) is 0 Å². The fraction of sp³-hybridized carbons (Fsp3) is 0.500. The van der Waals surface area contributed by atoms with Crippen LogP contribution < -0.4 is 0 Å². The Morgan fingerprint density at radius 3 is 2.82 bits per heavy atom. The van der Waals surface area contributed by atoms with Crippen molar-refractivity contribution in [3.05, 3.63) is 18.7 Å². The van der Waals surface area contributed by atoms with Gasteiger partial charge in [0.1, 0.15) is 0 Å². The molecule has 0 saturated heterocycles. The summed E-state index contributed by atoms with van der Waals surface area (Å²) in [6, 6.07) is 0. The summed E-state index contributed by atoms with van der Waals surface area (Å²) >= 11 is 0. The minimum atomic E-state index is -1.18. The van der Waals surface area contributed by atoms with Gasteiger partial charge in [0.2, 0.25) is 0 Å². The Hall–Kier alpha value is -0.805. The van der Waals surface area contributed by atoms with Crippen molar-refractivity contribution in [3.8, 4) is 0 Å². The van der Waals surface area contributed by atoms with E-state index >= 15 is 0 Å². The van der Waals surface area contributed by atoms with Gasteiger partial charge in [-0.1, -0.05) is 0 Å². The quantitative estimate of drug-likeness (QED) is 0.587. The van der Waals surface area contributed by atoms with E-state index < -0.39 is 7.12 Å². The van der Waals surface area contributed by atoms with Crippen molar-refractivity contribution in [3.63, 3.8) is 0 Å². The first-order valence-electron chi connectivity index (χ1n) is 3.61. The van der Waals surface area contributed by atoms with E-state index in [2.05, 4.69) is 4.98 Å². The van der Waals surface area contributed by atoms with Crippen molar-refractivity contribution < 1.29 is 10.0 Å². The molecule has 0 aromatic carbocycles. The Bertz CT molecular complexity index is 188. The largest absolute Gasteiger partial charge is 0.451 e. The van der Waals surface area contributed by atoms with Crippen LogP contribution in [0.2, 0.25) is 6.32 Å². The van der Waals surface area contributed by atoms with Crippen molar-refractivity contribution in [2.24, 2.45) is 0 Å². The molecule has 1 aromatic heterocycles. The minimum Gasteiger partial charge on any atom is -0.427 e. The first kappa shape index (κ1) is 8.29. The molecule has 60 valence electrons. The maximum Gasteiger partial charge on any atom is 0.451 e. The maximum absolute atomic E-state index is 8.51. The SMILES string of the molecule is OB(O)CCCn1ccnc1. The Kier molecular flexibility index (Phi) is 3.13. The Morgan fingerprint density at radius 2 is 2.27 bits per heavy atom. The van der Waals surface area contributed by atoms with Gasteiger partial charge in [0.25, 0.3) is 0 Å². The lowest BCUT2D eigenvalue weighted by atomic mass is 9.84. The highest BCUT2D eigenvalue weighted by Gasteiger charge is 2.04. The molecule has 0 radical (unpaired) electrons. The molecule has 0 bridgehead atoms. The van der Waals surface area contributed by atoms with Crippen LogP contribution in [0.5, 0.6) is 0 Å². The molecular weight excluding hydrogens is 143 g/mol. The first-order valence-corrected chi connectivity index (χ1v) is 3.61. The zero-order chi connectivity index (χ0) is 8.10. The zero-order valence-corrected chi connectivity index (χ0v) is 6.22. The number of imidazole rings is 1. The summed E-state index contributed by atoms with van der Waals surface area (Å²) in [7, 11) is -1.18. The molecular formula is C6H11BN2O2. The van der Waals surface area contributed by atoms with E-state index in [-0.39, 0.29) is 0 Å². The van der Waals surface area contributed by atoms with E-state index in [4.69, 9.17) is 10.0 Å². The summed E-state index contributed by atoms with van der Waals surface area (Å²) in [5.41, 5.74) is 0. The van der Waals surface area contributed by atoms with Gasteiger partial charge in [-0.05, 0) is 12.7 Å². The van der Waals surface area contributed by atoms with Gasteiger partial charge in [-0.3, -0.25) is 0 Å². The standard InChI is InChI=1S/C6H11BN2O2/c10-7(11)2-1-4-9-5-3-8-6-9/h3,5-6,10-11H,1-2,4H2. The minimum absolute atomic E-state index is 0.415. The zero-order valence-electron chi connectivity index (χ0n) is 6.22. The lowest BCUT2D eigenvalue weighted by Crippen LogP contribution is -2.10. The van der Waals surface area contributed by atoms with Crippen LogP contribution in [0.25, 0.3) is 0 Å². The second-order valence-electron chi connectivity index (χ2n) is 2.42. The van der Waals surface area contributed by atoms with Gasteiger partial charge in [0.05, 0.1) is 6.33 Å². The van der Waals surface area contributed by atoms with Crippen LogP contribution in [0.15, 0.2) is 18.7 Å². The van der Waals surface area contributed by atoms with E-state index in [0.717, 1.165) is 13.0 Å². The molecule has 0 aliphatic rings. The van der Waals surface area contributed by atoms with Gasteiger partial charge in [-0.15, -0.1) is 0 Å². The number of hydrogen-bond donors (Lipinski definition) is 2. The van der Waals surface area contributed by atoms with Crippen molar-refractivity contribution in [1.82, 2.24) is 9.55 Å². The molecule has 5 heteroatoms. The number of aromatic nitrogens is 2. The molecule has 0 unspecified atom stereocenters. The Labute approximate surface area is 65.6 Å². The van der Waals surface area contributed by atoms with E-state index in [1.807, 2.05) is 10.8 Å². The van der Waals surface area contributed by atoms with Gasteiger partial charge < -0.3 is 14.6 Å². The highest BCUT2D eigenvalue weighted by molar-refractivity contribution is 6.40. The average Bonchev–Trinajstić information content (AvgIpc) is 2.39. The summed E-state index contributed by atoms with van der Waals surface area (Å²) in [6.45, 7) is 0.789. The lowest BCUT2D eigenvalue weighted by Gasteiger charge is -1.99. The van der Waals surface area contributed by atoms with Crippen molar-refractivity contribution in [1.29, 1.82) is 0 Å². The van der Waals surface area contributed by atoms with Crippen molar-refractivity contribution >= 4 is 7.12 Å². The first-order chi connectivity index (χ1) is 5.29. The average molecular weight is 154 g/mol. The molecule has 2 N–H and O–H groups in total. The van der Waals surface area contributed by atoms with Crippen LogP contribution >= 0.6 is 0 Å². The number of rotatable bonds is 4. The molecule has 0 amide bonds. The topological polar surface area (TPSA) is 58.3 Å². The fourth-order valence-electron chi connectivity index (χ4n) is 0.875. The summed E-state index contributed by atoms with van der Waals surface area (Å²) in [5, 5.41) is 17.0. The molecule has 0 spiro atoms. The highest BCUT2D eigenvalue weighted by Crippen LogP contribution is 1.96. The molecule has 0 saturated carbocycles. The molecule has 0 fully saturated rings. The van der Waals surface area contributed by atoms with Gasteiger partial charge in [0, 0.05) is 18.9 Å². The van der Waals surface area contributed by atoms with E-state index in [1.165, 1.54) is 0 Å². The van der Waals surface area contributed by atoms with Crippen molar-refractivity contribution in [2.45, 2.75) is 19.3 Å². The third-order valence-electron chi connectivity index (χ3n) is 1.44. The third kappa shape index (κ3) is 3.20. The Morgan fingerprint density at radius 1 is 1.45 bits per heavy atom. The fourth-order valence-corrected chi connectivity index (χ4v) is 0.875. The van der Waals surface area contributed by atoms with Gasteiger partial charge in [0.15, 0.2) is 0 Å². The molecule has 1 aromatic rings. The monoisotopic (exact) mass is 154 g/mol. The number of hydrogen-bond acceptors (Lipinski definition) is 3. The summed E-state index contributed by atoms with van der Waals surface area (Å²) in [6.07, 6.45) is 6.44. The summed E-state index contributed by atoms with van der Waals surface area (Å²) in [5.74, 6) is 0. The van der Waals surface area contributed by atoms with E-state index in [1.54, 1.807) is 12.5 Å². The van der Waals surface area contributed by atoms with Crippen molar-refractivity contribution in [2.75, 3.05) is 0 Å². The molecule has 4 nitrogen and oxygen atoms in total. The number of nitrogens with zero attached hydrogens (tertiary/aromatic N) is 2. The summed E-state index contributed by atoms with van der Waals surface area (Å²) in [4.78, 5) is 3.86. The highest BCUT2D eigenvalue weighted by atomic mass is 16.4. The smallest absolute Gasteiger partial charge is 0.427 e. The van der Waals surface area contributed by atoms with Crippen LogP contribution in [0.4, 0.5) is 0 Å². The van der Waals surface area contributed by atoms with E-state index in [0.29, 0.717) is 6.32 Å². The molecule has 1 heterocycles. The van der Waals surface area contributed by atoms with Gasteiger partial charge in [-0.2, -0.15) is 0 Å².